The molecule has 0 aromatic carbocycles. The van der Waals surface area contributed by atoms with E-state index in [4.69, 9.17) is 0 Å². The fraction of sp³-hybridized carbons (Fsp3) is 0.812. The molecule has 1 aliphatic carbocycles. The second-order valence-corrected chi connectivity index (χ2v) is 7.28. The zero-order valence-corrected chi connectivity index (χ0v) is 13.2. The number of hydrogen-bond donors (Lipinski definition) is 1. The van der Waals surface area contributed by atoms with E-state index in [-0.39, 0.29) is 5.54 Å². The lowest BCUT2D eigenvalue weighted by Crippen LogP contribution is -2.67. The van der Waals surface area contributed by atoms with E-state index in [1.165, 1.54) is 38.1 Å². The number of piperazine rings is 1. The largest absolute Gasteiger partial charge is 0.338 e. The molecule has 1 saturated heterocycles. The Balaban J connectivity index is 1.67. The van der Waals surface area contributed by atoms with Gasteiger partial charge in [-0.15, -0.1) is 0 Å². The van der Waals surface area contributed by atoms with Gasteiger partial charge in [-0.1, -0.05) is 12.8 Å². The monoisotopic (exact) mass is 276 g/mol. The average molecular weight is 276 g/mol. The summed E-state index contributed by atoms with van der Waals surface area (Å²) >= 11 is 0. The lowest BCUT2D eigenvalue weighted by molar-refractivity contribution is 0.0288. The van der Waals surface area contributed by atoms with Crippen LogP contribution in [0.1, 0.15) is 45.4 Å². The van der Waals surface area contributed by atoms with Gasteiger partial charge >= 0.3 is 0 Å². The number of nitrogens with zero attached hydrogens (tertiary/aromatic N) is 3. The normalized spacial score (nSPS) is 25.4. The van der Waals surface area contributed by atoms with E-state index in [0.717, 1.165) is 19.5 Å². The Kier molecular flexibility index (Phi) is 3.63. The molecule has 0 bridgehead atoms. The summed E-state index contributed by atoms with van der Waals surface area (Å²) < 4.78 is 2.14. The smallest absolute Gasteiger partial charge is 0.109 e. The molecule has 0 radical (unpaired) electrons. The lowest BCUT2D eigenvalue weighted by atomic mass is 9.87. The van der Waals surface area contributed by atoms with Crippen LogP contribution in [0.5, 0.6) is 0 Å². The molecule has 2 aliphatic rings. The van der Waals surface area contributed by atoms with Gasteiger partial charge in [-0.05, 0) is 26.7 Å². The van der Waals surface area contributed by atoms with E-state index in [0.29, 0.717) is 5.54 Å². The van der Waals surface area contributed by atoms with Crippen molar-refractivity contribution in [1.29, 1.82) is 0 Å². The van der Waals surface area contributed by atoms with Gasteiger partial charge in [0, 0.05) is 56.6 Å². The van der Waals surface area contributed by atoms with Crippen LogP contribution in [0.3, 0.4) is 0 Å². The van der Waals surface area contributed by atoms with E-state index in [1.807, 2.05) is 12.4 Å². The van der Waals surface area contributed by atoms with Gasteiger partial charge in [-0.3, -0.25) is 4.90 Å². The second kappa shape index (κ2) is 5.15. The SMILES string of the molecule is Cn1ccnc1CCN1CC2(CCCC2)NCC1(C)C. The third-order valence-electron chi connectivity index (χ3n) is 5.33. The maximum Gasteiger partial charge on any atom is 0.109 e. The van der Waals surface area contributed by atoms with Crippen LogP contribution in [0.2, 0.25) is 0 Å². The van der Waals surface area contributed by atoms with E-state index < -0.39 is 0 Å². The molecular weight excluding hydrogens is 248 g/mol. The first-order valence-electron chi connectivity index (χ1n) is 7.97. The molecule has 0 unspecified atom stereocenters. The van der Waals surface area contributed by atoms with Crippen LogP contribution in [0.25, 0.3) is 0 Å². The van der Waals surface area contributed by atoms with Gasteiger partial charge in [0.1, 0.15) is 5.82 Å². The summed E-state index contributed by atoms with van der Waals surface area (Å²) in [5.41, 5.74) is 0.649. The van der Waals surface area contributed by atoms with Gasteiger partial charge in [0.15, 0.2) is 0 Å². The first-order chi connectivity index (χ1) is 9.51. The number of imidazole rings is 1. The Morgan fingerprint density at radius 1 is 1.30 bits per heavy atom. The van der Waals surface area contributed by atoms with Crippen LogP contribution in [0.4, 0.5) is 0 Å². The first-order valence-corrected chi connectivity index (χ1v) is 7.97. The van der Waals surface area contributed by atoms with Crippen LogP contribution in [-0.2, 0) is 13.5 Å². The number of aryl methyl sites for hydroxylation is 1. The summed E-state index contributed by atoms with van der Waals surface area (Å²) in [7, 11) is 2.09. The highest BCUT2D eigenvalue weighted by Crippen LogP contribution is 2.35. The van der Waals surface area contributed by atoms with Gasteiger partial charge in [-0.25, -0.2) is 4.98 Å². The molecular formula is C16H28N4. The second-order valence-electron chi connectivity index (χ2n) is 7.28. The molecule has 1 aromatic heterocycles. The molecule has 20 heavy (non-hydrogen) atoms. The van der Waals surface area contributed by atoms with Crippen molar-refractivity contribution < 1.29 is 0 Å². The van der Waals surface area contributed by atoms with Crippen molar-refractivity contribution in [1.82, 2.24) is 19.8 Å². The molecule has 1 spiro atoms. The van der Waals surface area contributed by atoms with E-state index in [2.05, 4.69) is 40.7 Å². The summed E-state index contributed by atoms with van der Waals surface area (Å²) in [6.07, 6.45) is 10.5. The Hall–Kier alpha value is -0.870. The average Bonchev–Trinajstić information content (AvgIpc) is 3.01. The maximum atomic E-state index is 4.46. The van der Waals surface area contributed by atoms with Gasteiger partial charge in [-0.2, -0.15) is 0 Å². The van der Waals surface area contributed by atoms with E-state index in [9.17, 15) is 0 Å². The van der Waals surface area contributed by atoms with Crippen molar-refractivity contribution in [3.8, 4) is 0 Å². The van der Waals surface area contributed by atoms with E-state index >= 15 is 0 Å². The molecule has 1 aromatic rings. The summed E-state index contributed by atoms with van der Waals surface area (Å²) in [6, 6.07) is 0. The third kappa shape index (κ3) is 2.63. The highest BCUT2D eigenvalue weighted by molar-refractivity contribution is 5.05. The molecule has 2 heterocycles. The van der Waals surface area contributed by atoms with Crippen molar-refractivity contribution in [2.75, 3.05) is 19.6 Å². The minimum absolute atomic E-state index is 0.249. The Morgan fingerprint density at radius 2 is 2.05 bits per heavy atom. The number of nitrogens with one attached hydrogen (secondary N) is 1. The molecule has 0 amide bonds. The van der Waals surface area contributed by atoms with Crippen LogP contribution < -0.4 is 5.32 Å². The molecule has 4 heteroatoms. The lowest BCUT2D eigenvalue weighted by Gasteiger charge is -2.51. The van der Waals surface area contributed by atoms with Crippen molar-refractivity contribution >= 4 is 0 Å². The summed E-state index contributed by atoms with van der Waals surface area (Å²) in [5, 5.41) is 3.86. The van der Waals surface area contributed by atoms with Crippen LogP contribution >= 0.6 is 0 Å². The fourth-order valence-corrected chi connectivity index (χ4v) is 3.79. The summed E-state index contributed by atoms with van der Waals surface area (Å²) in [5.74, 6) is 1.19. The molecule has 112 valence electrons. The minimum atomic E-state index is 0.249. The van der Waals surface area contributed by atoms with Crippen molar-refractivity contribution in [3.63, 3.8) is 0 Å². The summed E-state index contributed by atoms with van der Waals surface area (Å²) in [4.78, 5) is 7.14. The molecule has 4 nitrogen and oxygen atoms in total. The van der Waals surface area contributed by atoms with Gasteiger partial charge in [0.2, 0.25) is 0 Å². The first kappa shape index (κ1) is 14.1. The van der Waals surface area contributed by atoms with Gasteiger partial charge in [0.25, 0.3) is 0 Å². The van der Waals surface area contributed by atoms with Gasteiger partial charge < -0.3 is 9.88 Å². The number of hydrogen-bond acceptors (Lipinski definition) is 3. The van der Waals surface area contributed by atoms with Crippen LogP contribution in [-0.4, -0.2) is 45.2 Å². The zero-order valence-electron chi connectivity index (χ0n) is 13.2. The van der Waals surface area contributed by atoms with Crippen molar-refractivity contribution in [2.45, 2.75) is 57.0 Å². The molecule has 1 N–H and O–H groups in total. The third-order valence-corrected chi connectivity index (χ3v) is 5.33. The predicted molar refractivity (Wildman–Crippen MR) is 81.8 cm³/mol. The topological polar surface area (TPSA) is 33.1 Å². The minimum Gasteiger partial charge on any atom is -0.338 e. The Bertz CT molecular complexity index is 457. The molecule has 1 saturated carbocycles. The van der Waals surface area contributed by atoms with Crippen molar-refractivity contribution in [3.05, 3.63) is 18.2 Å². The Morgan fingerprint density at radius 3 is 2.70 bits per heavy atom. The molecule has 2 fully saturated rings. The van der Waals surface area contributed by atoms with Crippen molar-refractivity contribution in [2.24, 2.45) is 7.05 Å². The predicted octanol–water partition coefficient (Wildman–Crippen LogP) is 1.96. The standard InChI is InChI=1S/C16H28N4/c1-15(2)12-18-16(7-4-5-8-16)13-20(15)10-6-14-17-9-11-19(14)3/h9,11,18H,4-8,10,12-13H2,1-3H3. The van der Waals surface area contributed by atoms with Crippen LogP contribution in [0, 0.1) is 0 Å². The molecule has 3 rings (SSSR count). The summed E-state index contributed by atoms with van der Waals surface area (Å²) in [6.45, 7) is 8.14. The van der Waals surface area contributed by atoms with Crippen LogP contribution in [0.15, 0.2) is 12.4 Å². The molecule has 1 aliphatic heterocycles. The highest BCUT2D eigenvalue weighted by atomic mass is 15.3. The van der Waals surface area contributed by atoms with Gasteiger partial charge in [0.05, 0.1) is 0 Å². The maximum absolute atomic E-state index is 4.46. The number of aromatic nitrogens is 2. The highest BCUT2D eigenvalue weighted by Gasteiger charge is 2.43. The van der Waals surface area contributed by atoms with E-state index in [1.54, 1.807) is 0 Å². The zero-order chi connectivity index (χ0) is 14.2. The molecule has 0 atom stereocenters. The number of rotatable bonds is 3. The Labute approximate surface area is 122 Å². The fourth-order valence-electron chi connectivity index (χ4n) is 3.79. The quantitative estimate of drug-likeness (QED) is 0.916.